The molecule has 2 heterocycles. The van der Waals surface area contributed by atoms with E-state index >= 15 is 0 Å². The molecule has 1 unspecified atom stereocenters. The summed E-state index contributed by atoms with van der Waals surface area (Å²) < 4.78 is 18.9. The highest BCUT2D eigenvalue weighted by Gasteiger charge is 2.25. The van der Waals surface area contributed by atoms with E-state index in [0.717, 1.165) is 63.6 Å². The van der Waals surface area contributed by atoms with Crippen LogP contribution < -0.4 is 19.1 Å². The molecule has 47 heavy (non-hydrogen) atoms. The predicted molar refractivity (Wildman–Crippen MR) is 189 cm³/mol. The van der Waals surface area contributed by atoms with Gasteiger partial charge in [-0.15, -0.1) is 0 Å². The van der Waals surface area contributed by atoms with Crippen molar-refractivity contribution < 1.29 is 19.0 Å². The zero-order chi connectivity index (χ0) is 33.2. The van der Waals surface area contributed by atoms with Crippen molar-refractivity contribution in [2.75, 3.05) is 72.5 Å². The quantitative estimate of drug-likeness (QED) is 0.134. The van der Waals surface area contributed by atoms with Crippen LogP contribution in [-0.2, 0) is 6.54 Å². The van der Waals surface area contributed by atoms with Crippen molar-refractivity contribution in [1.82, 2.24) is 19.4 Å². The maximum absolute atomic E-state index is 13.7. The number of aryl methyl sites for hydroxylation is 1. The number of carbonyl (C=O) groups is 1. The van der Waals surface area contributed by atoms with E-state index in [-0.39, 0.29) is 11.8 Å². The number of para-hydroxylation sites is 2. The van der Waals surface area contributed by atoms with E-state index in [1.807, 2.05) is 18.0 Å². The number of anilines is 1. The first-order valence-corrected chi connectivity index (χ1v) is 17.0. The number of hydrogen-bond donors (Lipinski definition) is 0. The van der Waals surface area contributed by atoms with E-state index in [2.05, 4.69) is 69.8 Å². The minimum Gasteiger partial charge on any atom is -0.493 e. The Morgan fingerprint density at radius 2 is 1.60 bits per heavy atom. The Bertz CT molecular complexity index is 1560. The molecule has 1 fully saturated rings. The van der Waals surface area contributed by atoms with Gasteiger partial charge in [0.2, 0.25) is 11.7 Å². The van der Waals surface area contributed by atoms with Crippen molar-refractivity contribution in [1.29, 1.82) is 0 Å². The van der Waals surface area contributed by atoms with Gasteiger partial charge in [-0.2, -0.15) is 0 Å². The Morgan fingerprint density at radius 1 is 0.872 bits per heavy atom. The lowest BCUT2D eigenvalue weighted by molar-refractivity contribution is 0.0782. The second-order valence-corrected chi connectivity index (χ2v) is 12.4. The Kier molecular flexibility index (Phi) is 12.0. The highest BCUT2D eigenvalue weighted by molar-refractivity contribution is 5.95. The highest BCUT2D eigenvalue weighted by Crippen LogP contribution is 2.38. The van der Waals surface area contributed by atoms with Gasteiger partial charge in [0.15, 0.2) is 11.5 Å². The van der Waals surface area contributed by atoms with E-state index in [4.69, 9.17) is 19.2 Å². The van der Waals surface area contributed by atoms with Crippen LogP contribution in [0.15, 0.2) is 66.7 Å². The van der Waals surface area contributed by atoms with Crippen LogP contribution in [0.1, 0.15) is 60.9 Å². The molecule has 252 valence electrons. The topological polar surface area (TPSA) is 72.3 Å². The summed E-state index contributed by atoms with van der Waals surface area (Å²) in [7, 11) is 6.56. The Hall–Kier alpha value is -4.24. The lowest BCUT2D eigenvalue weighted by atomic mass is 9.94. The van der Waals surface area contributed by atoms with Crippen LogP contribution in [0, 0.1) is 0 Å². The fourth-order valence-corrected chi connectivity index (χ4v) is 6.70. The van der Waals surface area contributed by atoms with Gasteiger partial charge in [0, 0.05) is 51.3 Å². The number of fused-ring (bicyclic) bond motifs is 1. The Balaban J connectivity index is 1.26. The number of amides is 1. The van der Waals surface area contributed by atoms with E-state index in [9.17, 15) is 4.79 Å². The van der Waals surface area contributed by atoms with Crippen molar-refractivity contribution in [3.8, 4) is 17.2 Å². The Labute approximate surface area is 280 Å². The molecule has 0 spiro atoms. The van der Waals surface area contributed by atoms with Crippen molar-refractivity contribution in [3.63, 3.8) is 0 Å². The minimum atomic E-state index is -0.0857. The first kappa shape index (κ1) is 34.1. The monoisotopic (exact) mass is 641 g/mol. The summed E-state index contributed by atoms with van der Waals surface area (Å²) in [6, 6.07) is 22.5. The van der Waals surface area contributed by atoms with Crippen LogP contribution >= 0.6 is 0 Å². The number of rotatable bonds is 15. The lowest BCUT2D eigenvalue weighted by Crippen LogP contribution is -2.35. The first-order valence-electron chi connectivity index (χ1n) is 17.0. The standard InChI is InChI=1S/C38H51N5O4/c1-6-7-13-22-43-33-18-12-11-17-32(33)39-38(43)42-21-14-20-41(24-25-42)23-19-30(29-15-9-8-10-16-29)28-40(2)37(44)31-26-34(45-3)36(47-5)35(27-31)46-4/h8-12,15-18,26-27,30H,6-7,13-14,19-25,28H2,1-5H3. The van der Waals surface area contributed by atoms with Gasteiger partial charge in [0.05, 0.1) is 32.4 Å². The number of carbonyl (C=O) groups excluding carboxylic acids is 1. The molecule has 5 rings (SSSR count). The first-order chi connectivity index (χ1) is 23.0. The van der Waals surface area contributed by atoms with E-state index < -0.39 is 0 Å². The number of benzene rings is 3. The van der Waals surface area contributed by atoms with Gasteiger partial charge in [-0.3, -0.25) is 4.79 Å². The van der Waals surface area contributed by atoms with Crippen LogP contribution in [0.2, 0.25) is 0 Å². The molecule has 0 radical (unpaired) electrons. The number of nitrogens with zero attached hydrogens (tertiary/aromatic N) is 5. The summed E-state index contributed by atoms with van der Waals surface area (Å²) in [5.74, 6) is 2.62. The van der Waals surface area contributed by atoms with Gasteiger partial charge in [0.1, 0.15) is 0 Å². The van der Waals surface area contributed by atoms with Gasteiger partial charge >= 0.3 is 0 Å². The smallest absolute Gasteiger partial charge is 0.253 e. The predicted octanol–water partition coefficient (Wildman–Crippen LogP) is 6.71. The number of likely N-dealkylation sites (N-methyl/N-ethyl adjacent to an activating group) is 1. The SMILES string of the molecule is CCCCCn1c(N2CCCN(CCC(CN(C)C(=O)c3cc(OC)c(OC)c(OC)c3)c3ccccc3)CC2)nc2ccccc21. The van der Waals surface area contributed by atoms with Crippen LogP contribution in [0.25, 0.3) is 11.0 Å². The molecular weight excluding hydrogens is 590 g/mol. The number of methoxy groups -OCH3 is 3. The molecule has 1 amide bonds. The molecule has 4 aromatic rings. The average molecular weight is 642 g/mol. The van der Waals surface area contributed by atoms with Crippen LogP contribution in [0.5, 0.6) is 17.2 Å². The minimum absolute atomic E-state index is 0.0857. The maximum atomic E-state index is 13.7. The highest BCUT2D eigenvalue weighted by atomic mass is 16.5. The van der Waals surface area contributed by atoms with Gasteiger partial charge < -0.3 is 33.5 Å². The summed E-state index contributed by atoms with van der Waals surface area (Å²) in [4.78, 5) is 25.7. The molecule has 1 saturated heterocycles. The van der Waals surface area contributed by atoms with Gasteiger partial charge in [-0.05, 0) is 62.2 Å². The zero-order valence-corrected chi connectivity index (χ0v) is 28.8. The van der Waals surface area contributed by atoms with Crippen LogP contribution in [-0.4, -0.2) is 92.9 Å². The summed E-state index contributed by atoms with van der Waals surface area (Å²) in [5.41, 5.74) is 4.06. The summed E-state index contributed by atoms with van der Waals surface area (Å²) >= 11 is 0. The molecular formula is C38H51N5O4. The number of unbranched alkanes of at least 4 members (excludes halogenated alkanes) is 2. The largest absolute Gasteiger partial charge is 0.493 e. The van der Waals surface area contributed by atoms with Gasteiger partial charge in [-0.25, -0.2) is 4.98 Å². The summed E-state index contributed by atoms with van der Waals surface area (Å²) in [6.07, 6.45) is 5.65. The van der Waals surface area contributed by atoms with Crippen LogP contribution in [0.3, 0.4) is 0 Å². The number of ether oxygens (including phenoxy) is 3. The van der Waals surface area contributed by atoms with Crippen molar-refractivity contribution in [2.24, 2.45) is 0 Å². The van der Waals surface area contributed by atoms with E-state index in [0.29, 0.717) is 29.4 Å². The van der Waals surface area contributed by atoms with Crippen molar-refractivity contribution >= 4 is 22.9 Å². The lowest BCUT2D eigenvalue weighted by Gasteiger charge is -2.28. The molecule has 1 aliphatic rings. The maximum Gasteiger partial charge on any atom is 0.253 e. The van der Waals surface area contributed by atoms with Gasteiger partial charge in [0.25, 0.3) is 5.91 Å². The van der Waals surface area contributed by atoms with Gasteiger partial charge in [-0.1, -0.05) is 62.2 Å². The number of hydrogen-bond acceptors (Lipinski definition) is 7. The third-order valence-corrected chi connectivity index (χ3v) is 9.31. The molecule has 9 heteroatoms. The van der Waals surface area contributed by atoms with Crippen LogP contribution in [0.4, 0.5) is 5.95 Å². The summed E-state index contributed by atoms with van der Waals surface area (Å²) in [5, 5.41) is 0. The second-order valence-electron chi connectivity index (χ2n) is 12.4. The van der Waals surface area contributed by atoms with E-state index in [1.165, 1.54) is 30.3 Å². The molecule has 0 bridgehead atoms. The fraction of sp³-hybridized carbons (Fsp3) is 0.474. The molecule has 9 nitrogen and oxygen atoms in total. The molecule has 0 saturated carbocycles. The number of imidazole rings is 1. The normalized spacial score (nSPS) is 14.5. The molecule has 1 aromatic heterocycles. The molecule has 1 atom stereocenters. The number of aromatic nitrogens is 2. The third-order valence-electron chi connectivity index (χ3n) is 9.31. The molecule has 0 N–H and O–H groups in total. The molecule has 3 aromatic carbocycles. The molecule has 1 aliphatic heterocycles. The Morgan fingerprint density at radius 3 is 2.30 bits per heavy atom. The zero-order valence-electron chi connectivity index (χ0n) is 28.8. The van der Waals surface area contributed by atoms with Crippen molar-refractivity contribution in [3.05, 3.63) is 77.9 Å². The van der Waals surface area contributed by atoms with Crippen molar-refractivity contribution in [2.45, 2.75) is 51.5 Å². The third kappa shape index (κ3) is 8.19. The second kappa shape index (κ2) is 16.5. The average Bonchev–Trinajstić information content (AvgIpc) is 3.31. The summed E-state index contributed by atoms with van der Waals surface area (Å²) in [6.45, 7) is 8.81. The fourth-order valence-electron chi connectivity index (χ4n) is 6.70. The van der Waals surface area contributed by atoms with E-state index in [1.54, 1.807) is 33.5 Å². The molecule has 0 aliphatic carbocycles.